The van der Waals surface area contributed by atoms with Crippen molar-refractivity contribution in [2.75, 3.05) is 43.0 Å². The van der Waals surface area contributed by atoms with Gasteiger partial charge >= 0.3 is 0 Å². The van der Waals surface area contributed by atoms with Crippen LogP contribution in [0.3, 0.4) is 0 Å². The Morgan fingerprint density at radius 3 is 2.41 bits per heavy atom. The molecule has 0 bridgehead atoms. The summed E-state index contributed by atoms with van der Waals surface area (Å²) in [5, 5.41) is 10.9. The molecule has 1 fully saturated rings. The summed E-state index contributed by atoms with van der Waals surface area (Å²) in [6, 6.07) is 20.0. The normalized spacial score (nSPS) is 16.6. The maximum atomic E-state index is 13.3. The summed E-state index contributed by atoms with van der Waals surface area (Å²) in [5.74, 6) is -0.168. The predicted molar refractivity (Wildman–Crippen MR) is 146 cm³/mol. The van der Waals surface area contributed by atoms with Crippen molar-refractivity contribution in [3.8, 4) is 0 Å². The van der Waals surface area contributed by atoms with Gasteiger partial charge in [0.15, 0.2) is 0 Å². The van der Waals surface area contributed by atoms with Crippen molar-refractivity contribution in [2.24, 2.45) is 0 Å². The van der Waals surface area contributed by atoms with Crippen LogP contribution in [0.4, 0.5) is 17.1 Å². The fourth-order valence-corrected chi connectivity index (χ4v) is 5.67. The van der Waals surface area contributed by atoms with Crippen LogP contribution in [0.1, 0.15) is 21.5 Å². The average molecular weight is 515 g/mol. The zero-order valence-corrected chi connectivity index (χ0v) is 21.4. The Kier molecular flexibility index (Phi) is 6.71. The monoisotopic (exact) mass is 514 g/mol. The summed E-state index contributed by atoms with van der Waals surface area (Å²) >= 11 is 1.42. The number of hydrogen-bond acceptors (Lipinski definition) is 6. The highest BCUT2D eigenvalue weighted by molar-refractivity contribution is 8.04. The number of carbonyl (C=O) groups excluding carboxylic acids is 2. The minimum absolute atomic E-state index is 0.0596. The third kappa shape index (κ3) is 5.08. The van der Waals surface area contributed by atoms with Crippen LogP contribution < -0.4 is 9.80 Å². The Labute approximate surface area is 219 Å². The summed E-state index contributed by atoms with van der Waals surface area (Å²) in [6.45, 7) is 4.37. The molecule has 188 valence electrons. The van der Waals surface area contributed by atoms with E-state index in [0.717, 1.165) is 27.4 Å². The van der Waals surface area contributed by atoms with Crippen LogP contribution in [0.15, 0.2) is 76.5 Å². The summed E-state index contributed by atoms with van der Waals surface area (Å²) in [6.07, 6.45) is 1.91. The van der Waals surface area contributed by atoms with E-state index in [4.69, 9.17) is 0 Å². The third-order valence-electron chi connectivity index (χ3n) is 6.64. The Balaban J connectivity index is 1.28. The number of hydrogen-bond donors (Lipinski definition) is 0. The highest BCUT2D eigenvalue weighted by Crippen LogP contribution is 2.42. The molecule has 8 nitrogen and oxygen atoms in total. The first kappa shape index (κ1) is 24.6. The molecule has 1 saturated heterocycles. The van der Waals surface area contributed by atoms with Crippen molar-refractivity contribution < 1.29 is 14.5 Å². The van der Waals surface area contributed by atoms with E-state index in [9.17, 15) is 19.7 Å². The van der Waals surface area contributed by atoms with Crippen LogP contribution in [-0.4, -0.2) is 54.9 Å². The number of non-ortho nitro benzene ring substituents is 1. The lowest BCUT2D eigenvalue weighted by Crippen LogP contribution is -2.48. The van der Waals surface area contributed by atoms with E-state index in [1.165, 1.54) is 23.9 Å². The number of amides is 2. The van der Waals surface area contributed by atoms with Gasteiger partial charge in [0.25, 0.3) is 17.5 Å². The molecule has 0 aliphatic carbocycles. The lowest BCUT2D eigenvalue weighted by atomic mass is 10.1. The summed E-state index contributed by atoms with van der Waals surface area (Å²) in [5.41, 5.74) is 4.35. The SMILES string of the molecule is Cc1cccc(/C=C2\Sc3ccc(C(=O)N4CCN(c5ccc([N+](=O)[O-])cc5)CC4)cc3N(C)C2=O)c1. The number of piperazine rings is 1. The fourth-order valence-electron chi connectivity index (χ4n) is 4.57. The number of thioether (sulfide) groups is 1. The van der Waals surface area contributed by atoms with E-state index >= 15 is 0 Å². The molecule has 0 radical (unpaired) electrons. The summed E-state index contributed by atoms with van der Waals surface area (Å²) in [4.78, 5) is 44.0. The molecule has 0 aromatic heterocycles. The minimum atomic E-state index is -0.413. The largest absolute Gasteiger partial charge is 0.368 e. The molecule has 0 unspecified atom stereocenters. The van der Waals surface area contributed by atoms with Crippen LogP contribution in [0.5, 0.6) is 0 Å². The molecular formula is C28H26N4O4S. The van der Waals surface area contributed by atoms with Gasteiger partial charge in [-0.05, 0) is 48.9 Å². The standard InChI is InChI=1S/C28H26N4O4S/c1-19-4-3-5-20(16-19)17-26-28(34)29(2)24-18-21(6-11-25(24)37-26)27(33)31-14-12-30(13-15-31)22-7-9-23(10-8-22)32(35)36/h3-11,16-18H,12-15H2,1-2H3/b26-17-. The number of nitrogens with zero attached hydrogens (tertiary/aromatic N) is 4. The van der Waals surface area contributed by atoms with Gasteiger partial charge < -0.3 is 14.7 Å². The Hall–Kier alpha value is -4.11. The number of benzene rings is 3. The van der Waals surface area contributed by atoms with E-state index in [-0.39, 0.29) is 17.5 Å². The van der Waals surface area contributed by atoms with Crippen molar-refractivity contribution in [1.29, 1.82) is 0 Å². The molecule has 0 spiro atoms. The number of likely N-dealkylation sites (N-methyl/N-ethyl adjacent to an activating group) is 1. The molecule has 2 heterocycles. The second kappa shape index (κ2) is 10.1. The van der Waals surface area contributed by atoms with Gasteiger partial charge in [-0.1, -0.05) is 41.6 Å². The molecular weight excluding hydrogens is 488 g/mol. The third-order valence-corrected chi connectivity index (χ3v) is 7.71. The van der Waals surface area contributed by atoms with Crippen molar-refractivity contribution in [1.82, 2.24) is 4.90 Å². The van der Waals surface area contributed by atoms with Gasteiger partial charge in [0.1, 0.15) is 0 Å². The number of rotatable bonds is 4. The van der Waals surface area contributed by atoms with Crippen LogP contribution >= 0.6 is 11.8 Å². The van der Waals surface area contributed by atoms with Crippen LogP contribution in [0.25, 0.3) is 6.08 Å². The van der Waals surface area contributed by atoms with Gasteiger partial charge in [-0.2, -0.15) is 0 Å². The first-order valence-corrected chi connectivity index (χ1v) is 12.8. The number of anilines is 2. The number of nitro groups is 1. The van der Waals surface area contributed by atoms with E-state index < -0.39 is 4.92 Å². The van der Waals surface area contributed by atoms with Gasteiger partial charge in [-0.25, -0.2) is 0 Å². The van der Waals surface area contributed by atoms with Crippen molar-refractivity contribution in [3.63, 3.8) is 0 Å². The van der Waals surface area contributed by atoms with Gasteiger partial charge in [0.2, 0.25) is 0 Å². The molecule has 2 amide bonds. The van der Waals surface area contributed by atoms with E-state index in [1.807, 2.05) is 54.3 Å². The maximum absolute atomic E-state index is 13.3. The molecule has 5 rings (SSSR count). The first-order chi connectivity index (χ1) is 17.8. The van der Waals surface area contributed by atoms with E-state index in [2.05, 4.69) is 4.90 Å². The van der Waals surface area contributed by atoms with Gasteiger partial charge in [0, 0.05) is 61.5 Å². The van der Waals surface area contributed by atoms with Crippen LogP contribution in [-0.2, 0) is 4.79 Å². The lowest BCUT2D eigenvalue weighted by molar-refractivity contribution is -0.384. The van der Waals surface area contributed by atoms with Crippen molar-refractivity contribution >= 4 is 46.7 Å². The fraction of sp³-hybridized carbons (Fsp3) is 0.214. The molecule has 2 aliphatic heterocycles. The molecule has 2 aliphatic rings. The Morgan fingerprint density at radius 1 is 1.00 bits per heavy atom. The number of aryl methyl sites for hydroxylation is 1. The molecule has 9 heteroatoms. The molecule has 3 aromatic rings. The first-order valence-electron chi connectivity index (χ1n) is 12.0. The summed E-state index contributed by atoms with van der Waals surface area (Å²) in [7, 11) is 1.74. The van der Waals surface area contributed by atoms with Crippen LogP contribution in [0, 0.1) is 17.0 Å². The number of nitro benzene ring substituents is 1. The maximum Gasteiger partial charge on any atom is 0.269 e. The molecule has 0 atom stereocenters. The topological polar surface area (TPSA) is 87.0 Å². The van der Waals surface area contributed by atoms with E-state index in [0.29, 0.717) is 36.6 Å². The van der Waals surface area contributed by atoms with Gasteiger partial charge in [0.05, 0.1) is 15.5 Å². The van der Waals surface area contributed by atoms with Gasteiger partial charge in [-0.3, -0.25) is 19.7 Å². The van der Waals surface area contributed by atoms with Crippen molar-refractivity contribution in [2.45, 2.75) is 11.8 Å². The zero-order valence-electron chi connectivity index (χ0n) is 20.6. The minimum Gasteiger partial charge on any atom is -0.368 e. The molecule has 0 saturated carbocycles. The zero-order chi connectivity index (χ0) is 26.1. The average Bonchev–Trinajstić information content (AvgIpc) is 2.91. The second-order valence-electron chi connectivity index (χ2n) is 9.12. The number of fused-ring (bicyclic) bond motifs is 1. The lowest BCUT2D eigenvalue weighted by Gasteiger charge is -2.36. The molecule has 3 aromatic carbocycles. The highest BCUT2D eigenvalue weighted by atomic mass is 32.2. The number of carbonyl (C=O) groups is 2. The van der Waals surface area contributed by atoms with Gasteiger partial charge in [-0.15, -0.1) is 0 Å². The van der Waals surface area contributed by atoms with E-state index in [1.54, 1.807) is 30.1 Å². The van der Waals surface area contributed by atoms with Crippen molar-refractivity contribution in [3.05, 3.63) is 98.4 Å². The molecule has 0 N–H and O–H groups in total. The molecule has 37 heavy (non-hydrogen) atoms. The smallest absolute Gasteiger partial charge is 0.269 e. The quantitative estimate of drug-likeness (QED) is 0.277. The second-order valence-corrected chi connectivity index (χ2v) is 10.2. The summed E-state index contributed by atoms with van der Waals surface area (Å²) < 4.78 is 0. The highest BCUT2D eigenvalue weighted by Gasteiger charge is 2.29. The van der Waals surface area contributed by atoms with Crippen LogP contribution in [0.2, 0.25) is 0 Å². The predicted octanol–water partition coefficient (Wildman–Crippen LogP) is 4.98. The Morgan fingerprint density at radius 2 is 1.73 bits per heavy atom. The Bertz CT molecular complexity index is 1410.